The first-order valence-corrected chi connectivity index (χ1v) is 9.78. The third-order valence-corrected chi connectivity index (χ3v) is 6.07. The molecule has 0 atom stereocenters. The van der Waals surface area contributed by atoms with E-state index in [0.29, 0.717) is 14.8 Å². The topological polar surface area (TPSA) is 50.2 Å². The van der Waals surface area contributed by atoms with Crippen molar-refractivity contribution in [2.24, 2.45) is 0 Å². The molecule has 1 aliphatic carbocycles. The maximum atomic E-state index is 12.3. The zero-order valence-electron chi connectivity index (χ0n) is 12.1. The van der Waals surface area contributed by atoms with Gasteiger partial charge in [0.2, 0.25) is 11.0 Å². The number of allylic oxidation sites excluding steroid dienone is 5. The van der Waals surface area contributed by atoms with E-state index in [4.69, 9.17) is 11.6 Å². The molecule has 1 aromatic heterocycles. The summed E-state index contributed by atoms with van der Waals surface area (Å²) < 4.78 is 1.23. The number of hydrogen-bond donors (Lipinski definition) is 1. The highest BCUT2D eigenvalue weighted by Gasteiger charge is 2.16. The van der Waals surface area contributed by atoms with Crippen LogP contribution in [0.25, 0.3) is 6.08 Å². The molecule has 0 spiro atoms. The lowest BCUT2D eigenvalue weighted by molar-refractivity contribution is 0.108. The van der Waals surface area contributed by atoms with Crippen molar-refractivity contribution in [1.29, 1.82) is 0 Å². The Labute approximate surface area is 160 Å². The molecular weight excluding hydrogens is 430 g/mol. The molecule has 1 aliphatic rings. The summed E-state index contributed by atoms with van der Waals surface area (Å²) in [4.78, 5) is 17.0. The Bertz CT molecular complexity index is 857. The first-order valence-electron chi connectivity index (χ1n) is 6.91. The van der Waals surface area contributed by atoms with Crippen molar-refractivity contribution in [2.45, 2.75) is 9.72 Å². The van der Waals surface area contributed by atoms with Crippen LogP contribution in [0.4, 0.5) is 0 Å². The SMILES string of the molecule is O=C(Sc1nc(O)c(C=C2C=CC(Cl)C=C2)s1)c1ccccc1Br. The zero-order chi connectivity index (χ0) is 17.1. The highest BCUT2D eigenvalue weighted by atomic mass is 79.9. The Balaban J connectivity index is 1.79. The van der Waals surface area contributed by atoms with Gasteiger partial charge in [0.25, 0.3) is 0 Å². The summed E-state index contributed by atoms with van der Waals surface area (Å²) in [6.07, 6.45) is 9.30. The van der Waals surface area contributed by atoms with E-state index in [-0.39, 0.29) is 16.4 Å². The first kappa shape index (κ1) is 17.5. The summed E-state index contributed by atoms with van der Waals surface area (Å²) in [5.74, 6) is -0.0790. The molecule has 0 saturated heterocycles. The Morgan fingerprint density at radius 3 is 2.75 bits per heavy atom. The van der Waals surface area contributed by atoms with Crippen molar-refractivity contribution in [3.63, 3.8) is 0 Å². The van der Waals surface area contributed by atoms with Gasteiger partial charge in [0.05, 0.1) is 10.3 Å². The molecule has 3 rings (SSSR count). The largest absolute Gasteiger partial charge is 0.492 e. The number of hydrogen-bond acceptors (Lipinski definition) is 5. The van der Waals surface area contributed by atoms with Gasteiger partial charge in [-0.2, -0.15) is 4.98 Å². The standard InChI is InChI=1S/C17H11BrClNO2S2/c18-13-4-2-1-3-12(13)16(22)24-17-20-15(21)14(23-17)9-10-5-7-11(19)8-6-10/h1-9,11,21H. The molecule has 0 bridgehead atoms. The predicted molar refractivity (Wildman–Crippen MR) is 104 cm³/mol. The molecule has 24 heavy (non-hydrogen) atoms. The molecule has 0 fully saturated rings. The summed E-state index contributed by atoms with van der Waals surface area (Å²) in [6.45, 7) is 0. The van der Waals surface area contributed by atoms with E-state index in [2.05, 4.69) is 20.9 Å². The maximum Gasteiger partial charge on any atom is 0.230 e. The number of alkyl halides is 1. The number of thioether (sulfide) groups is 1. The van der Waals surface area contributed by atoms with Gasteiger partial charge in [-0.25, -0.2) is 0 Å². The molecular formula is C17H11BrClNO2S2. The normalized spacial score (nSPS) is 16.4. The van der Waals surface area contributed by atoms with Crippen LogP contribution >= 0.6 is 50.6 Å². The zero-order valence-corrected chi connectivity index (χ0v) is 16.1. The highest BCUT2D eigenvalue weighted by molar-refractivity contribution is 9.10. The van der Waals surface area contributed by atoms with Crippen molar-refractivity contribution in [1.82, 2.24) is 4.98 Å². The number of aromatic hydroxyl groups is 1. The molecule has 0 radical (unpaired) electrons. The summed E-state index contributed by atoms with van der Waals surface area (Å²) in [5.41, 5.74) is 1.49. The number of halogens is 2. The summed E-state index contributed by atoms with van der Waals surface area (Å²) >= 11 is 11.6. The maximum absolute atomic E-state index is 12.3. The van der Waals surface area contributed by atoms with Gasteiger partial charge in [0.1, 0.15) is 0 Å². The Morgan fingerprint density at radius 2 is 2.04 bits per heavy atom. The summed E-state index contributed by atoms with van der Waals surface area (Å²) in [7, 11) is 0. The molecule has 2 aromatic rings. The molecule has 0 amide bonds. The van der Waals surface area contributed by atoms with Crippen LogP contribution in [0, 0.1) is 0 Å². The van der Waals surface area contributed by atoms with E-state index in [1.165, 1.54) is 11.3 Å². The fourth-order valence-electron chi connectivity index (χ4n) is 1.98. The third kappa shape index (κ3) is 4.19. The fourth-order valence-corrected chi connectivity index (χ4v) is 4.61. The molecule has 0 aliphatic heterocycles. The van der Waals surface area contributed by atoms with Gasteiger partial charge >= 0.3 is 0 Å². The van der Waals surface area contributed by atoms with Gasteiger partial charge in [-0.05, 0) is 35.5 Å². The lowest BCUT2D eigenvalue weighted by Crippen LogP contribution is -1.93. The Morgan fingerprint density at radius 1 is 1.33 bits per heavy atom. The van der Waals surface area contributed by atoms with Crippen molar-refractivity contribution in [3.05, 3.63) is 69.1 Å². The van der Waals surface area contributed by atoms with Gasteiger partial charge in [-0.3, -0.25) is 4.79 Å². The minimum atomic E-state index is -0.127. The summed E-state index contributed by atoms with van der Waals surface area (Å²) in [5, 5.41) is 9.77. The van der Waals surface area contributed by atoms with Crippen LogP contribution in [0.1, 0.15) is 15.2 Å². The van der Waals surface area contributed by atoms with Crippen LogP contribution in [0.5, 0.6) is 5.88 Å². The third-order valence-electron chi connectivity index (χ3n) is 3.13. The van der Waals surface area contributed by atoms with Gasteiger partial charge in [-0.15, -0.1) is 22.9 Å². The van der Waals surface area contributed by atoms with Crippen molar-refractivity contribution in [2.75, 3.05) is 0 Å². The minimum Gasteiger partial charge on any atom is -0.492 e. The van der Waals surface area contributed by atoms with Gasteiger partial charge in [-0.1, -0.05) is 52.4 Å². The first-order chi connectivity index (χ1) is 11.5. The van der Waals surface area contributed by atoms with E-state index in [1.807, 2.05) is 42.5 Å². The van der Waals surface area contributed by atoms with Crippen LogP contribution < -0.4 is 0 Å². The van der Waals surface area contributed by atoms with Gasteiger partial charge in [0.15, 0.2) is 4.34 Å². The van der Waals surface area contributed by atoms with E-state index >= 15 is 0 Å². The lowest BCUT2D eigenvalue weighted by Gasteiger charge is -2.03. The van der Waals surface area contributed by atoms with Gasteiger partial charge < -0.3 is 5.11 Å². The van der Waals surface area contributed by atoms with Crippen LogP contribution in [-0.2, 0) is 0 Å². The molecule has 3 nitrogen and oxygen atoms in total. The van der Waals surface area contributed by atoms with Crippen molar-refractivity contribution in [3.8, 4) is 5.88 Å². The van der Waals surface area contributed by atoms with Crippen LogP contribution in [0.3, 0.4) is 0 Å². The van der Waals surface area contributed by atoms with E-state index in [1.54, 1.807) is 12.1 Å². The average Bonchev–Trinajstić information content (AvgIpc) is 2.89. The monoisotopic (exact) mass is 439 g/mol. The Hall–Kier alpha value is -1.34. The quantitative estimate of drug-likeness (QED) is 0.494. The second-order valence-corrected chi connectivity index (χ2v) is 8.45. The van der Waals surface area contributed by atoms with E-state index < -0.39 is 0 Å². The molecule has 1 aromatic carbocycles. The van der Waals surface area contributed by atoms with E-state index in [9.17, 15) is 9.90 Å². The number of thiazole rings is 1. The average molecular weight is 441 g/mol. The second kappa shape index (κ2) is 7.70. The number of nitrogens with zero attached hydrogens (tertiary/aromatic N) is 1. The lowest BCUT2D eigenvalue weighted by atomic mass is 10.1. The Kier molecular flexibility index (Phi) is 5.61. The number of aromatic nitrogens is 1. The molecule has 122 valence electrons. The summed E-state index contributed by atoms with van der Waals surface area (Å²) in [6, 6.07) is 7.21. The van der Waals surface area contributed by atoms with Crippen LogP contribution in [0.15, 0.2) is 63.0 Å². The van der Waals surface area contributed by atoms with Gasteiger partial charge in [0, 0.05) is 10.0 Å². The predicted octanol–water partition coefficient (Wildman–Crippen LogP) is 5.66. The molecule has 0 saturated carbocycles. The van der Waals surface area contributed by atoms with Crippen LogP contribution in [-0.4, -0.2) is 20.6 Å². The highest BCUT2D eigenvalue weighted by Crippen LogP contribution is 2.35. The molecule has 1 heterocycles. The number of rotatable bonds is 3. The number of carbonyl (C=O) groups is 1. The number of benzene rings is 1. The minimum absolute atomic E-state index is 0.0790. The van der Waals surface area contributed by atoms with Crippen molar-refractivity contribution < 1.29 is 9.90 Å². The smallest absolute Gasteiger partial charge is 0.230 e. The fraction of sp³-hybridized carbons (Fsp3) is 0.0588. The van der Waals surface area contributed by atoms with E-state index in [0.717, 1.165) is 21.8 Å². The molecule has 1 N–H and O–H groups in total. The van der Waals surface area contributed by atoms with Crippen molar-refractivity contribution >= 4 is 61.8 Å². The van der Waals surface area contributed by atoms with Crippen LogP contribution in [0.2, 0.25) is 0 Å². The second-order valence-electron chi connectivity index (χ2n) is 4.84. The number of carbonyl (C=O) groups excluding carboxylic acids is 1. The molecule has 7 heteroatoms. The molecule has 0 unspecified atom stereocenters.